The Kier molecular flexibility index (Phi) is 3.28. The maximum Gasteiger partial charge on any atom is 0.227 e. The summed E-state index contributed by atoms with van der Waals surface area (Å²) in [5.74, 6) is 0.454. The standard InChI is InChI=1S/C7H12N4O/c1-8-3-2-6(12)11-7-9-4-5-10-7/h4-5,8H,2-3H2,1H3,(H2,9,10,11,12). The molecule has 1 aromatic heterocycles. The van der Waals surface area contributed by atoms with Gasteiger partial charge in [-0.25, -0.2) is 4.98 Å². The zero-order valence-electron chi connectivity index (χ0n) is 6.92. The van der Waals surface area contributed by atoms with Crippen molar-refractivity contribution in [2.24, 2.45) is 0 Å². The van der Waals surface area contributed by atoms with Gasteiger partial charge in [-0.3, -0.25) is 10.1 Å². The van der Waals surface area contributed by atoms with Gasteiger partial charge in [0.15, 0.2) is 0 Å². The maximum absolute atomic E-state index is 11.1. The quantitative estimate of drug-likeness (QED) is 0.590. The lowest BCUT2D eigenvalue weighted by Gasteiger charge is -1.99. The molecule has 0 unspecified atom stereocenters. The average Bonchev–Trinajstić information content (AvgIpc) is 2.53. The number of hydrogen-bond donors (Lipinski definition) is 3. The predicted octanol–water partition coefficient (Wildman–Crippen LogP) is -0.0423. The number of imidazole rings is 1. The van der Waals surface area contributed by atoms with Crippen LogP contribution in [-0.4, -0.2) is 29.5 Å². The first-order chi connectivity index (χ1) is 5.83. The molecule has 0 aliphatic rings. The molecule has 1 heterocycles. The Morgan fingerprint density at radius 2 is 2.58 bits per heavy atom. The second-order valence-corrected chi connectivity index (χ2v) is 2.34. The van der Waals surface area contributed by atoms with E-state index in [-0.39, 0.29) is 5.91 Å². The molecule has 1 rings (SSSR count). The molecule has 0 aliphatic carbocycles. The summed E-state index contributed by atoms with van der Waals surface area (Å²) in [4.78, 5) is 17.7. The monoisotopic (exact) mass is 168 g/mol. The summed E-state index contributed by atoms with van der Waals surface area (Å²) < 4.78 is 0. The van der Waals surface area contributed by atoms with Crippen molar-refractivity contribution in [1.29, 1.82) is 0 Å². The van der Waals surface area contributed by atoms with Crippen LogP contribution in [0, 0.1) is 0 Å². The third-order valence-corrected chi connectivity index (χ3v) is 1.36. The van der Waals surface area contributed by atoms with E-state index in [1.165, 1.54) is 0 Å². The summed E-state index contributed by atoms with van der Waals surface area (Å²) >= 11 is 0. The van der Waals surface area contributed by atoms with Gasteiger partial charge in [-0.15, -0.1) is 0 Å². The third kappa shape index (κ3) is 2.71. The molecular formula is C7H12N4O. The van der Waals surface area contributed by atoms with Crippen molar-refractivity contribution in [1.82, 2.24) is 15.3 Å². The SMILES string of the molecule is CNCCC(=O)Nc1ncc[nH]1. The number of carbonyl (C=O) groups is 1. The number of nitrogens with zero attached hydrogens (tertiary/aromatic N) is 1. The summed E-state index contributed by atoms with van der Waals surface area (Å²) in [7, 11) is 1.81. The van der Waals surface area contributed by atoms with Crippen LogP contribution in [-0.2, 0) is 4.79 Å². The lowest BCUT2D eigenvalue weighted by Crippen LogP contribution is -2.19. The highest BCUT2D eigenvalue weighted by Crippen LogP contribution is 1.95. The van der Waals surface area contributed by atoms with Gasteiger partial charge in [0, 0.05) is 25.4 Å². The fraction of sp³-hybridized carbons (Fsp3) is 0.429. The van der Waals surface area contributed by atoms with Gasteiger partial charge < -0.3 is 10.3 Å². The number of aromatic nitrogens is 2. The summed E-state index contributed by atoms with van der Waals surface area (Å²) in [6, 6.07) is 0. The minimum atomic E-state index is -0.0423. The topological polar surface area (TPSA) is 69.8 Å². The lowest BCUT2D eigenvalue weighted by molar-refractivity contribution is -0.116. The van der Waals surface area contributed by atoms with Crippen molar-refractivity contribution in [2.45, 2.75) is 6.42 Å². The van der Waals surface area contributed by atoms with Gasteiger partial charge in [-0.2, -0.15) is 0 Å². The van der Waals surface area contributed by atoms with Gasteiger partial charge in [0.1, 0.15) is 0 Å². The van der Waals surface area contributed by atoms with Crippen LogP contribution in [0.4, 0.5) is 5.95 Å². The fourth-order valence-corrected chi connectivity index (χ4v) is 0.767. The van der Waals surface area contributed by atoms with E-state index in [9.17, 15) is 4.79 Å². The van der Waals surface area contributed by atoms with Crippen LogP contribution in [0.3, 0.4) is 0 Å². The summed E-state index contributed by atoms with van der Waals surface area (Å²) in [5.41, 5.74) is 0. The number of hydrogen-bond acceptors (Lipinski definition) is 3. The van der Waals surface area contributed by atoms with Crippen LogP contribution in [0.15, 0.2) is 12.4 Å². The molecule has 0 bridgehead atoms. The van der Waals surface area contributed by atoms with Crippen molar-refractivity contribution in [3.05, 3.63) is 12.4 Å². The summed E-state index contributed by atoms with van der Waals surface area (Å²) in [6.45, 7) is 0.673. The average molecular weight is 168 g/mol. The normalized spacial score (nSPS) is 9.75. The molecule has 66 valence electrons. The second kappa shape index (κ2) is 4.50. The molecule has 5 heteroatoms. The van der Waals surface area contributed by atoms with E-state index in [2.05, 4.69) is 20.6 Å². The van der Waals surface area contributed by atoms with E-state index < -0.39 is 0 Å². The van der Waals surface area contributed by atoms with Gasteiger partial charge in [-0.1, -0.05) is 0 Å². The van der Waals surface area contributed by atoms with Crippen LogP contribution in [0.5, 0.6) is 0 Å². The molecule has 0 spiro atoms. The second-order valence-electron chi connectivity index (χ2n) is 2.34. The van der Waals surface area contributed by atoms with E-state index in [1.54, 1.807) is 19.4 Å². The smallest absolute Gasteiger partial charge is 0.227 e. The molecule has 3 N–H and O–H groups in total. The number of aromatic amines is 1. The minimum absolute atomic E-state index is 0.0423. The molecule has 0 fully saturated rings. The highest BCUT2D eigenvalue weighted by molar-refractivity contribution is 5.88. The summed E-state index contributed by atoms with van der Waals surface area (Å²) in [5, 5.41) is 5.50. The zero-order valence-corrected chi connectivity index (χ0v) is 6.92. The molecule has 1 aromatic rings. The van der Waals surface area contributed by atoms with Crippen molar-refractivity contribution < 1.29 is 4.79 Å². The van der Waals surface area contributed by atoms with Crippen molar-refractivity contribution >= 4 is 11.9 Å². The van der Waals surface area contributed by atoms with Crippen LogP contribution >= 0.6 is 0 Å². The first-order valence-corrected chi connectivity index (χ1v) is 3.77. The molecule has 0 saturated carbocycles. The molecular weight excluding hydrogens is 156 g/mol. The van der Waals surface area contributed by atoms with Crippen LogP contribution in [0.2, 0.25) is 0 Å². The molecule has 0 aromatic carbocycles. The van der Waals surface area contributed by atoms with Crippen molar-refractivity contribution in [3.8, 4) is 0 Å². The number of rotatable bonds is 4. The first-order valence-electron chi connectivity index (χ1n) is 3.77. The predicted molar refractivity (Wildman–Crippen MR) is 45.8 cm³/mol. The Bertz CT molecular complexity index is 232. The molecule has 0 saturated heterocycles. The van der Waals surface area contributed by atoms with Gasteiger partial charge >= 0.3 is 0 Å². The number of H-pyrrole nitrogens is 1. The number of carbonyl (C=O) groups excluding carboxylic acids is 1. The Morgan fingerprint density at radius 3 is 3.17 bits per heavy atom. The maximum atomic E-state index is 11.1. The highest BCUT2D eigenvalue weighted by Gasteiger charge is 2.01. The third-order valence-electron chi connectivity index (χ3n) is 1.36. The Balaban J connectivity index is 2.27. The van der Waals surface area contributed by atoms with Gasteiger partial charge in [0.05, 0.1) is 0 Å². The van der Waals surface area contributed by atoms with Crippen LogP contribution in [0.1, 0.15) is 6.42 Å². The van der Waals surface area contributed by atoms with Crippen LogP contribution in [0.25, 0.3) is 0 Å². The molecule has 1 amide bonds. The molecule has 12 heavy (non-hydrogen) atoms. The largest absolute Gasteiger partial charge is 0.331 e. The number of amides is 1. The Labute approximate surface area is 70.6 Å². The molecule has 0 atom stereocenters. The van der Waals surface area contributed by atoms with Crippen LogP contribution < -0.4 is 10.6 Å². The van der Waals surface area contributed by atoms with Crippen molar-refractivity contribution in [2.75, 3.05) is 18.9 Å². The molecule has 0 radical (unpaired) electrons. The number of nitrogens with one attached hydrogen (secondary N) is 3. The lowest BCUT2D eigenvalue weighted by atomic mass is 10.4. The van der Waals surface area contributed by atoms with Crippen molar-refractivity contribution in [3.63, 3.8) is 0 Å². The number of anilines is 1. The van der Waals surface area contributed by atoms with E-state index in [4.69, 9.17) is 0 Å². The molecule has 0 aliphatic heterocycles. The van der Waals surface area contributed by atoms with E-state index in [0.717, 1.165) is 0 Å². The highest BCUT2D eigenvalue weighted by atomic mass is 16.1. The fourth-order valence-electron chi connectivity index (χ4n) is 0.767. The molecule has 5 nitrogen and oxygen atoms in total. The minimum Gasteiger partial charge on any atom is -0.331 e. The Morgan fingerprint density at radius 1 is 1.75 bits per heavy atom. The van der Waals surface area contributed by atoms with E-state index in [1.807, 2.05) is 0 Å². The van der Waals surface area contributed by atoms with E-state index >= 15 is 0 Å². The van der Waals surface area contributed by atoms with Gasteiger partial charge in [0.2, 0.25) is 11.9 Å². The summed E-state index contributed by atoms with van der Waals surface area (Å²) in [6.07, 6.45) is 3.71. The van der Waals surface area contributed by atoms with Gasteiger partial charge in [-0.05, 0) is 7.05 Å². The zero-order chi connectivity index (χ0) is 8.81. The van der Waals surface area contributed by atoms with E-state index in [0.29, 0.717) is 18.9 Å². The Hall–Kier alpha value is -1.36. The first kappa shape index (κ1) is 8.73. The van der Waals surface area contributed by atoms with Gasteiger partial charge in [0.25, 0.3) is 0 Å².